The Morgan fingerprint density at radius 1 is 0.329 bits per heavy atom. The summed E-state index contributed by atoms with van der Waals surface area (Å²) in [7, 11) is 0. The zero-order valence-electron chi connectivity index (χ0n) is 45.2. The maximum atomic E-state index is 12.3. The number of hydrogen-bond acceptors (Lipinski definition) is 5. The van der Waals surface area contributed by atoms with Crippen molar-refractivity contribution >= 4 is 11.9 Å². The summed E-state index contributed by atoms with van der Waals surface area (Å²) in [5.41, 5.74) is 0. The Morgan fingerprint density at radius 2 is 0.571 bits per heavy atom. The van der Waals surface area contributed by atoms with Crippen molar-refractivity contribution in [3.63, 3.8) is 0 Å². The number of carbonyl (C=O) groups excluding carboxylic acids is 2. The van der Waals surface area contributed by atoms with Gasteiger partial charge < -0.3 is 14.6 Å². The molecule has 0 aliphatic heterocycles. The zero-order valence-corrected chi connectivity index (χ0v) is 45.2. The molecule has 0 amide bonds. The van der Waals surface area contributed by atoms with Crippen LogP contribution in [0, 0.1) is 0 Å². The molecule has 0 aromatic heterocycles. The van der Waals surface area contributed by atoms with Gasteiger partial charge in [0.15, 0.2) is 6.10 Å². The van der Waals surface area contributed by atoms with E-state index in [1.54, 1.807) is 0 Å². The second kappa shape index (κ2) is 59.3. The Bertz CT molecular complexity index is 1470. The second-order valence-corrected chi connectivity index (χ2v) is 18.6. The first kappa shape index (κ1) is 66.0. The number of allylic oxidation sites excluding steroid dienone is 22. The average Bonchev–Trinajstić information content (AvgIpc) is 3.36. The van der Waals surface area contributed by atoms with E-state index in [0.717, 1.165) is 122 Å². The van der Waals surface area contributed by atoms with E-state index < -0.39 is 6.10 Å². The maximum Gasteiger partial charge on any atom is 0.306 e. The van der Waals surface area contributed by atoms with E-state index in [1.807, 2.05) is 0 Å². The van der Waals surface area contributed by atoms with Gasteiger partial charge in [-0.3, -0.25) is 9.59 Å². The molecule has 0 rings (SSSR count). The molecular weight excluding hydrogens is 861 g/mol. The Labute approximate surface area is 432 Å². The molecule has 0 heterocycles. The van der Waals surface area contributed by atoms with Gasteiger partial charge in [-0.25, -0.2) is 0 Å². The molecule has 5 heteroatoms. The molecule has 0 spiro atoms. The summed E-state index contributed by atoms with van der Waals surface area (Å²) in [6.07, 6.45) is 88.6. The zero-order chi connectivity index (χ0) is 50.6. The summed E-state index contributed by atoms with van der Waals surface area (Å²) in [5, 5.41) is 9.63. The van der Waals surface area contributed by atoms with Crippen LogP contribution in [0.2, 0.25) is 0 Å². The first-order chi connectivity index (χ1) is 34.6. The van der Waals surface area contributed by atoms with Crippen molar-refractivity contribution < 1.29 is 24.2 Å². The molecule has 0 fully saturated rings. The highest BCUT2D eigenvalue weighted by Gasteiger charge is 2.16. The Hall–Kier alpha value is -3.96. The van der Waals surface area contributed by atoms with Crippen LogP contribution in [0.5, 0.6) is 0 Å². The SMILES string of the molecule is CC/C=C\C/C=C\C/C=C\C/C=C\C/C=C\C/C=C\C/C=C\C/C=C\CCCCCCCCCCCCCCCCCCC(=O)OC(CO)COC(=O)CCCCCCC/C=C\C/C=C\C/C=C\CC. The van der Waals surface area contributed by atoms with Crippen LogP contribution in [-0.2, 0) is 19.1 Å². The minimum Gasteiger partial charge on any atom is -0.462 e. The highest BCUT2D eigenvalue weighted by molar-refractivity contribution is 5.70. The van der Waals surface area contributed by atoms with E-state index in [2.05, 4.69) is 148 Å². The number of hydrogen-bond donors (Lipinski definition) is 1. The largest absolute Gasteiger partial charge is 0.462 e. The Morgan fingerprint density at radius 3 is 0.857 bits per heavy atom. The Balaban J connectivity index is 3.51. The molecule has 70 heavy (non-hydrogen) atoms. The molecule has 0 aliphatic rings. The summed E-state index contributed by atoms with van der Waals surface area (Å²) in [5.74, 6) is -0.613. The third-order valence-corrected chi connectivity index (χ3v) is 11.9. The normalized spacial score (nSPS) is 13.2. The van der Waals surface area contributed by atoms with Gasteiger partial charge in [0, 0.05) is 12.8 Å². The fourth-order valence-corrected chi connectivity index (χ4v) is 7.70. The van der Waals surface area contributed by atoms with E-state index in [-0.39, 0.29) is 25.2 Å². The molecule has 0 saturated heterocycles. The van der Waals surface area contributed by atoms with Crippen LogP contribution in [-0.4, -0.2) is 36.4 Å². The van der Waals surface area contributed by atoms with E-state index in [4.69, 9.17) is 9.47 Å². The van der Waals surface area contributed by atoms with Crippen molar-refractivity contribution in [1.82, 2.24) is 0 Å². The number of carbonyl (C=O) groups is 2. The van der Waals surface area contributed by atoms with Gasteiger partial charge in [0.05, 0.1) is 6.61 Å². The quantitative estimate of drug-likeness (QED) is 0.0374. The standard InChI is InChI=1S/C65H106O5/c1-3-5-7-9-11-13-15-17-19-20-21-22-23-24-25-26-27-28-29-30-31-32-33-34-35-36-37-38-39-40-41-42-43-44-46-48-50-52-54-56-58-60-65(68)70-63(61-66)62-69-64(67)59-57-55-53-51-49-47-45-18-16-14-12-10-8-6-4-2/h5-8,11-14,17-19,21-22,24-25,27-28,30-31,33-34,45,63,66H,3-4,9-10,15-16,20,23,26,29,32,35-44,46-62H2,1-2H3/b7-5-,8-6-,13-11-,14-12-,19-17-,22-21-,25-24-,28-27-,31-30-,34-33-,45-18-. The van der Waals surface area contributed by atoms with Crippen molar-refractivity contribution in [2.24, 2.45) is 0 Å². The monoisotopic (exact) mass is 967 g/mol. The number of aliphatic hydroxyl groups is 1. The van der Waals surface area contributed by atoms with Gasteiger partial charge in [0.2, 0.25) is 0 Å². The highest BCUT2D eigenvalue weighted by Crippen LogP contribution is 2.15. The topological polar surface area (TPSA) is 72.8 Å². The van der Waals surface area contributed by atoms with Gasteiger partial charge in [-0.15, -0.1) is 0 Å². The van der Waals surface area contributed by atoms with Gasteiger partial charge in [0.25, 0.3) is 0 Å². The number of esters is 2. The van der Waals surface area contributed by atoms with Crippen molar-refractivity contribution in [2.45, 2.75) is 251 Å². The summed E-state index contributed by atoms with van der Waals surface area (Å²) < 4.78 is 10.7. The molecule has 396 valence electrons. The number of aliphatic hydroxyl groups excluding tert-OH is 1. The molecule has 0 aliphatic carbocycles. The lowest BCUT2D eigenvalue weighted by Crippen LogP contribution is -2.28. The van der Waals surface area contributed by atoms with Crippen LogP contribution >= 0.6 is 0 Å². The van der Waals surface area contributed by atoms with Crippen LogP contribution in [0.25, 0.3) is 0 Å². The van der Waals surface area contributed by atoms with Gasteiger partial charge >= 0.3 is 11.9 Å². The van der Waals surface area contributed by atoms with E-state index >= 15 is 0 Å². The first-order valence-electron chi connectivity index (χ1n) is 28.7. The van der Waals surface area contributed by atoms with Crippen molar-refractivity contribution in [3.05, 3.63) is 134 Å². The van der Waals surface area contributed by atoms with E-state index in [9.17, 15) is 14.7 Å². The van der Waals surface area contributed by atoms with Crippen LogP contribution in [0.4, 0.5) is 0 Å². The average molecular weight is 968 g/mol. The lowest BCUT2D eigenvalue weighted by atomic mass is 10.0. The van der Waals surface area contributed by atoms with Crippen LogP contribution < -0.4 is 0 Å². The van der Waals surface area contributed by atoms with Gasteiger partial charge in [0.1, 0.15) is 6.61 Å². The molecule has 1 atom stereocenters. The lowest BCUT2D eigenvalue weighted by Gasteiger charge is -2.15. The fraction of sp³-hybridized carbons (Fsp3) is 0.631. The summed E-state index contributed by atoms with van der Waals surface area (Å²) in [6.45, 7) is 3.90. The third kappa shape index (κ3) is 56.6. The molecule has 0 aromatic rings. The lowest BCUT2D eigenvalue weighted by molar-refractivity contribution is -0.161. The number of ether oxygens (including phenoxy) is 2. The van der Waals surface area contributed by atoms with Crippen LogP contribution in [0.15, 0.2) is 134 Å². The molecule has 5 nitrogen and oxygen atoms in total. The van der Waals surface area contributed by atoms with Crippen molar-refractivity contribution in [2.75, 3.05) is 13.2 Å². The molecule has 0 bridgehead atoms. The number of rotatable bonds is 51. The minimum atomic E-state index is -0.786. The van der Waals surface area contributed by atoms with Crippen LogP contribution in [0.1, 0.15) is 245 Å². The van der Waals surface area contributed by atoms with Crippen molar-refractivity contribution in [3.8, 4) is 0 Å². The highest BCUT2D eigenvalue weighted by atomic mass is 16.6. The summed E-state index contributed by atoms with van der Waals surface area (Å²) in [6, 6.07) is 0. The first-order valence-corrected chi connectivity index (χ1v) is 28.7. The third-order valence-electron chi connectivity index (χ3n) is 11.9. The summed E-state index contributed by atoms with van der Waals surface area (Å²) in [4.78, 5) is 24.4. The maximum absolute atomic E-state index is 12.3. The molecule has 0 saturated carbocycles. The van der Waals surface area contributed by atoms with Crippen LogP contribution in [0.3, 0.4) is 0 Å². The second-order valence-electron chi connectivity index (χ2n) is 18.6. The van der Waals surface area contributed by atoms with Gasteiger partial charge in [-0.2, -0.15) is 0 Å². The smallest absolute Gasteiger partial charge is 0.306 e. The predicted octanol–water partition coefficient (Wildman–Crippen LogP) is 19.6. The van der Waals surface area contributed by atoms with Crippen molar-refractivity contribution in [1.29, 1.82) is 0 Å². The number of unbranched alkanes of at least 4 members (excludes halogenated alkanes) is 21. The fourth-order valence-electron chi connectivity index (χ4n) is 7.70. The summed E-state index contributed by atoms with van der Waals surface area (Å²) >= 11 is 0. The van der Waals surface area contributed by atoms with Gasteiger partial charge in [-0.05, 0) is 109 Å². The van der Waals surface area contributed by atoms with Gasteiger partial charge in [-0.1, -0.05) is 257 Å². The molecule has 0 radical (unpaired) electrons. The molecule has 1 N–H and O–H groups in total. The Kier molecular flexibility index (Phi) is 56.0. The molecule has 1 unspecified atom stereocenters. The molecule has 0 aromatic carbocycles. The van der Waals surface area contributed by atoms with E-state index in [0.29, 0.717) is 12.8 Å². The minimum absolute atomic E-state index is 0.0795. The van der Waals surface area contributed by atoms with E-state index in [1.165, 1.54) is 96.3 Å². The predicted molar refractivity (Wildman–Crippen MR) is 306 cm³/mol. The molecular formula is C65H106O5.